The van der Waals surface area contributed by atoms with Crippen LogP contribution in [-0.4, -0.2) is 30.8 Å². The zero-order chi connectivity index (χ0) is 13.9. The maximum absolute atomic E-state index is 9.34. The predicted molar refractivity (Wildman–Crippen MR) is 78.7 cm³/mol. The first-order chi connectivity index (χ1) is 9.81. The third-order valence-corrected chi connectivity index (χ3v) is 3.74. The third-order valence-electron chi connectivity index (χ3n) is 3.74. The van der Waals surface area contributed by atoms with Crippen LogP contribution in [0.4, 0.5) is 5.82 Å². The molecule has 1 fully saturated rings. The number of para-hydroxylation sites is 1. The number of hydrogen-bond donors (Lipinski definition) is 0. The highest BCUT2D eigenvalue weighted by Gasteiger charge is 2.21. The van der Waals surface area contributed by atoms with Gasteiger partial charge in [-0.3, -0.25) is 0 Å². The van der Waals surface area contributed by atoms with Crippen LogP contribution in [0.3, 0.4) is 0 Å². The number of nitrogens with zero attached hydrogens (tertiary/aromatic N) is 3. The molecular weight excluding hydrogens is 250 g/mol. The molecule has 0 N–H and O–H groups in total. The lowest BCUT2D eigenvalue weighted by Crippen LogP contribution is -2.42. The standard InChI is InChI=1S/C16H17N3O/c1-2-13-11-19(7-8-20-13)16-9-12(10-17)14-5-3-4-6-15(14)18-16/h3-6,9,13H,2,7-8,11H2,1H3. The summed E-state index contributed by atoms with van der Waals surface area (Å²) in [6.07, 6.45) is 1.25. The summed E-state index contributed by atoms with van der Waals surface area (Å²) >= 11 is 0. The van der Waals surface area contributed by atoms with E-state index in [9.17, 15) is 5.26 Å². The summed E-state index contributed by atoms with van der Waals surface area (Å²) < 4.78 is 5.69. The van der Waals surface area contributed by atoms with Crippen LogP contribution in [0.5, 0.6) is 0 Å². The maximum Gasteiger partial charge on any atom is 0.130 e. The first kappa shape index (κ1) is 12.9. The molecule has 4 heteroatoms. The second-order valence-corrected chi connectivity index (χ2v) is 5.00. The van der Waals surface area contributed by atoms with Crippen molar-refractivity contribution < 1.29 is 4.74 Å². The van der Waals surface area contributed by atoms with Crippen LogP contribution in [0.2, 0.25) is 0 Å². The first-order valence-corrected chi connectivity index (χ1v) is 6.98. The summed E-state index contributed by atoms with van der Waals surface area (Å²) in [5, 5.41) is 10.3. The Hall–Kier alpha value is -2.12. The quantitative estimate of drug-likeness (QED) is 0.839. The highest BCUT2D eigenvalue weighted by Crippen LogP contribution is 2.24. The average Bonchev–Trinajstić information content (AvgIpc) is 2.53. The number of ether oxygens (including phenoxy) is 1. The van der Waals surface area contributed by atoms with Crippen LogP contribution in [0.15, 0.2) is 30.3 Å². The Kier molecular flexibility index (Phi) is 3.53. The highest BCUT2D eigenvalue weighted by atomic mass is 16.5. The molecule has 1 aromatic heterocycles. The molecule has 2 heterocycles. The topological polar surface area (TPSA) is 49.2 Å². The minimum absolute atomic E-state index is 0.252. The van der Waals surface area contributed by atoms with Gasteiger partial charge in [0.1, 0.15) is 5.82 Å². The van der Waals surface area contributed by atoms with Gasteiger partial charge >= 0.3 is 0 Å². The summed E-state index contributed by atoms with van der Waals surface area (Å²) in [6.45, 7) is 4.51. The van der Waals surface area contributed by atoms with Gasteiger partial charge in [-0.25, -0.2) is 4.98 Å². The van der Waals surface area contributed by atoms with E-state index in [4.69, 9.17) is 9.72 Å². The van der Waals surface area contributed by atoms with Gasteiger partial charge in [-0.05, 0) is 18.6 Å². The molecule has 0 bridgehead atoms. The predicted octanol–water partition coefficient (Wildman–Crippen LogP) is 2.72. The number of anilines is 1. The van der Waals surface area contributed by atoms with Crippen molar-refractivity contribution >= 4 is 16.7 Å². The van der Waals surface area contributed by atoms with Crippen LogP contribution in [0.25, 0.3) is 10.9 Å². The van der Waals surface area contributed by atoms with E-state index >= 15 is 0 Å². The molecule has 1 aliphatic heterocycles. The Labute approximate surface area is 118 Å². The minimum atomic E-state index is 0.252. The van der Waals surface area contributed by atoms with Crippen LogP contribution in [0, 0.1) is 11.3 Å². The largest absolute Gasteiger partial charge is 0.375 e. The van der Waals surface area contributed by atoms with E-state index in [1.165, 1.54) is 0 Å². The highest BCUT2D eigenvalue weighted by molar-refractivity contribution is 5.86. The molecule has 0 radical (unpaired) electrons. The van der Waals surface area contributed by atoms with Crippen LogP contribution < -0.4 is 4.90 Å². The number of benzene rings is 1. The Bertz CT molecular complexity index is 662. The maximum atomic E-state index is 9.34. The van der Waals surface area contributed by atoms with Gasteiger partial charge < -0.3 is 9.64 Å². The van der Waals surface area contributed by atoms with E-state index in [1.54, 1.807) is 0 Å². The molecule has 2 aromatic rings. The molecule has 4 nitrogen and oxygen atoms in total. The van der Waals surface area contributed by atoms with Crippen molar-refractivity contribution in [2.75, 3.05) is 24.6 Å². The average molecular weight is 267 g/mol. The molecule has 0 spiro atoms. The summed E-state index contributed by atoms with van der Waals surface area (Å²) in [5.74, 6) is 0.877. The molecule has 1 unspecified atom stereocenters. The molecule has 1 atom stereocenters. The number of fused-ring (bicyclic) bond motifs is 1. The Morgan fingerprint density at radius 2 is 2.30 bits per heavy atom. The van der Waals surface area contributed by atoms with Gasteiger partial charge in [0, 0.05) is 18.5 Å². The number of hydrogen-bond acceptors (Lipinski definition) is 4. The molecule has 1 saturated heterocycles. The molecule has 0 amide bonds. The van der Waals surface area contributed by atoms with Crippen LogP contribution in [0.1, 0.15) is 18.9 Å². The van der Waals surface area contributed by atoms with E-state index < -0.39 is 0 Å². The molecular formula is C16H17N3O. The van der Waals surface area contributed by atoms with E-state index in [0.29, 0.717) is 5.56 Å². The van der Waals surface area contributed by atoms with Crippen LogP contribution in [-0.2, 0) is 4.74 Å². The fourth-order valence-corrected chi connectivity index (χ4v) is 2.59. The molecule has 20 heavy (non-hydrogen) atoms. The Morgan fingerprint density at radius 3 is 3.10 bits per heavy atom. The van der Waals surface area contributed by atoms with Gasteiger partial charge in [0.05, 0.1) is 29.9 Å². The molecule has 0 aliphatic carbocycles. The van der Waals surface area contributed by atoms with Gasteiger partial charge in [-0.15, -0.1) is 0 Å². The number of morpholine rings is 1. The fraction of sp³-hybridized carbons (Fsp3) is 0.375. The lowest BCUT2D eigenvalue weighted by atomic mass is 10.1. The Morgan fingerprint density at radius 1 is 1.45 bits per heavy atom. The fourth-order valence-electron chi connectivity index (χ4n) is 2.59. The third kappa shape index (κ3) is 2.33. The van der Waals surface area contributed by atoms with Crippen molar-refractivity contribution in [3.05, 3.63) is 35.9 Å². The van der Waals surface area contributed by atoms with Crippen molar-refractivity contribution in [1.29, 1.82) is 5.26 Å². The second kappa shape index (κ2) is 5.48. The van der Waals surface area contributed by atoms with Crippen LogP contribution >= 0.6 is 0 Å². The van der Waals surface area contributed by atoms with E-state index in [-0.39, 0.29) is 6.10 Å². The summed E-state index contributed by atoms with van der Waals surface area (Å²) in [7, 11) is 0. The van der Waals surface area contributed by atoms with Crippen molar-refractivity contribution in [3.63, 3.8) is 0 Å². The van der Waals surface area contributed by atoms with Gasteiger partial charge in [0.2, 0.25) is 0 Å². The molecule has 3 rings (SSSR count). The normalized spacial score (nSPS) is 19.0. The van der Waals surface area contributed by atoms with Crippen molar-refractivity contribution in [2.24, 2.45) is 0 Å². The molecule has 0 saturated carbocycles. The molecule has 1 aliphatic rings. The zero-order valence-corrected chi connectivity index (χ0v) is 11.5. The van der Waals surface area contributed by atoms with Crippen molar-refractivity contribution in [2.45, 2.75) is 19.4 Å². The summed E-state index contributed by atoms with van der Waals surface area (Å²) in [4.78, 5) is 6.91. The second-order valence-electron chi connectivity index (χ2n) is 5.00. The van der Waals surface area contributed by atoms with Gasteiger partial charge in [0.25, 0.3) is 0 Å². The molecule has 1 aromatic carbocycles. The van der Waals surface area contributed by atoms with Gasteiger partial charge in [0.15, 0.2) is 0 Å². The van der Waals surface area contributed by atoms with Gasteiger partial charge in [-0.2, -0.15) is 5.26 Å². The SMILES string of the molecule is CCC1CN(c2cc(C#N)c3ccccc3n2)CCO1. The van der Waals surface area contributed by atoms with E-state index in [2.05, 4.69) is 17.9 Å². The minimum Gasteiger partial charge on any atom is -0.375 e. The first-order valence-electron chi connectivity index (χ1n) is 6.98. The lowest BCUT2D eigenvalue weighted by molar-refractivity contribution is 0.0382. The van der Waals surface area contributed by atoms with Gasteiger partial charge in [-0.1, -0.05) is 25.1 Å². The summed E-state index contributed by atoms with van der Waals surface area (Å²) in [5.41, 5.74) is 1.56. The van der Waals surface area contributed by atoms with Crippen molar-refractivity contribution in [3.8, 4) is 6.07 Å². The number of aromatic nitrogens is 1. The van der Waals surface area contributed by atoms with E-state index in [0.717, 1.165) is 42.8 Å². The van der Waals surface area contributed by atoms with E-state index in [1.807, 2.05) is 30.3 Å². The van der Waals surface area contributed by atoms with Crippen molar-refractivity contribution in [1.82, 2.24) is 4.98 Å². The lowest BCUT2D eigenvalue weighted by Gasteiger charge is -2.33. The monoisotopic (exact) mass is 267 g/mol. The number of nitriles is 1. The zero-order valence-electron chi connectivity index (χ0n) is 11.5. The smallest absolute Gasteiger partial charge is 0.130 e. The number of pyridine rings is 1. The Balaban J connectivity index is 2.01. The summed E-state index contributed by atoms with van der Waals surface area (Å²) in [6, 6.07) is 12.0. The molecule has 102 valence electrons. The number of rotatable bonds is 2.